The second-order valence-corrected chi connectivity index (χ2v) is 5.83. The number of aromatic nitrogens is 2. The Labute approximate surface area is 122 Å². The van der Waals surface area contributed by atoms with Crippen molar-refractivity contribution in [2.75, 3.05) is 0 Å². The predicted molar refractivity (Wildman–Crippen MR) is 76.6 cm³/mol. The van der Waals surface area contributed by atoms with Crippen LogP contribution in [0.5, 0.6) is 0 Å². The quantitative estimate of drug-likeness (QED) is 0.489. The zero-order valence-electron chi connectivity index (χ0n) is 10.9. The van der Waals surface area contributed by atoms with Crippen molar-refractivity contribution in [2.24, 2.45) is 0 Å². The third-order valence-corrected chi connectivity index (χ3v) is 3.86. The number of nitro groups is 1. The molecule has 2 N–H and O–H groups in total. The molecule has 1 heterocycles. The standard InChI is InChI=1S/C12H11N3O5S/c1-6(2-11(16)17)21-10-4-8-7(3-9(10)15(19)20)12(18)14-5-13-8/h3-6H,2H2,1H3,(H,16,17)(H,13,14,18). The number of rotatable bonds is 5. The van der Waals surface area contributed by atoms with Crippen molar-refractivity contribution in [1.82, 2.24) is 9.97 Å². The molecule has 0 aliphatic carbocycles. The highest BCUT2D eigenvalue weighted by molar-refractivity contribution is 8.00. The maximum absolute atomic E-state index is 11.6. The van der Waals surface area contributed by atoms with E-state index in [1.807, 2.05) is 0 Å². The maximum Gasteiger partial charge on any atom is 0.304 e. The van der Waals surface area contributed by atoms with E-state index in [9.17, 15) is 19.7 Å². The average Bonchev–Trinajstić information content (AvgIpc) is 2.37. The number of fused-ring (bicyclic) bond motifs is 1. The average molecular weight is 309 g/mol. The number of nitro benzene ring substituents is 1. The Morgan fingerprint density at radius 2 is 2.29 bits per heavy atom. The van der Waals surface area contributed by atoms with Crippen LogP contribution in [-0.4, -0.2) is 31.2 Å². The normalized spacial score (nSPS) is 12.2. The molecule has 0 saturated carbocycles. The number of aromatic amines is 1. The number of carbonyl (C=O) groups is 1. The number of aliphatic carboxylic acids is 1. The van der Waals surface area contributed by atoms with Crippen LogP contribution in [0.4, 0.5) is 5.69 Å². The predicted octanol–water partition coefficient (Wildman–Crippen LogP) is 1.79. The second-order valence-electron chi connectivity index (χ2n) is 4.35. The first-order valence-corrected chi connectivity index (χ1v) is 6.80. The number of hydrogen-bond acceptors (Lipinski definition) is 6. The zero-order valence-corrected chi connectivity index (χ0v) is 11.7. The highest BCUT2D eigenvalue weighted by Crippen LogP contribution is 2.35. The fraction of sp³-hybridized carbons (Fsp3) is 0.250. The van der Waals surface area contributed by atoms with Crippen molar-refractivity contribution >= 4 is 34.3 Å². The van der Waals surface area contributed by atoms with Crippen LogP contribution in [0.1, 0.15) is 13.3 Å². The van der Waals surface area contributed by atoms with Crippen LogP contribution >= 0.6 is 11.8 Å². The van der Waals surface area contributed by atoms with Gasteiger partial charge in [-0.3, -0.25) is 19.7 Å². The number of carboxylic acid groups (broad SMARTS) is 1. The van der Waals surface area contributed by atoms with E-state index in [-0.39, 0.29) is 22.7 Å². The van der Waals surface area contributed by atoms with Gasteiger partial charge in [0.15, 0.2) is 0 Å². The molecular weight excluding hydrogens is 298 g/mol. The molecule has 21 heavy (non-hydrogen) atoms. The topological polar surface area (TPSA) is 126 Å². The molecule has 0 aliphatic heterocycles. The molecular formula is C12H11N3O5S. The summed E-state index contributed by atoms with van der Waals surface area (Å²) >= 11 is 1.07. The van der Waals surface area contributed by atoms with Crippen molar-refractivity contribution in [2.45, 2.75) is 23.5 Å². The Balaban J connectivity index is 2.51. The van der Waals surface area contributed by atoms with Crippen LogP contribution in [0, 0.1) is 10.1 Å². The van der Waals surface area contributed by atoms with Crippen LogP contribution in [0.3, 0.4) is 0 Å². The van der Waals surface area contributed by atoms with Gasteiger partial charge in [-0.25, -0.2) is 4.98 Å². The molecule has 0 fully saturated rings. The van der Waals surface area contributed by atoms with Gasteiger partial charge in [0.1, 0.15) is 0 Å². The van der Waals surface area contributed by atoms with E-state index in [1.54, 1.807) is 6.92 Å². The van der Waals surface area contributed by atoms with Gasteiger partial charge in [0.05, 0.1) is 33.5 Å². The van der Waals surface area contributed by atoms with Crippen LogP contribution in [0.15, 0.2) is 28.2 Å². The van der Waals surface area contributed by atoms with Gasteiger partial charge >= 0.3 is 5.97 Å². The van der Waals surface area contributed by atoms with E-state index in [0.29, 0.717) is 10.4 Å². The van der Waals surface area contributed by atoms with Crippen molar-refractivity contribution < 1.29 is 14.8 Å². The lowest BCUT2D eigenvalue weighted by Gasteiger charge is -2.09. The molecule has 0 aliphatic rings. The van der Waals surface area contributed by atoms with Crippen molar-refractivity contribution in [3.8, 4) is 0 Å². The van der Waals surface area contributed by atoms with Gasteiger partial charge in [-0.1, -0.05) is 6.92 Å². The second kappa shape index (κ2) is 5.92. The molecule has 1 unspecified atom stereocenters. The molecule has 1 aromatic carbocycles. The number of nitrogens with one attached hydrogen (secondary N) is 1. The summed E-state index contributed by atoms with van der Waals surface area (Å²) in [5, 5.41) is 19.6. The third kappa shape index (κ3) is 3.37. The minimum absolute atomic E-state index is 0.122. The molecule has 2 rings (SSSR count). The van der Waals surface area contributed by atoms with Gasteiger partial charge in [0.25, 0.3) is 11.2 Å². The summed E-state index contributed by atoms with van der Waals surface area (Å²) in [6.07, 6.45) is 1.09. The molecule has 8 nitrogen and oxygen atoms in total. The van der Waals surface area contributed by atoms with E-state index in [1.165, 1.54) is 12.4 Å². The number of thioether (sulfide) groups is 1. The minimum atomic E-state index is -0.979. The fourth-order valence-electron chi connectivity index (χ4n) is 1.83. The number of hydrogen-bond donors (Lipinski definition) is 2. The number of H-pyrrole nitrogens is 1. The van der Waals surface area contributed by atoms with Gasteiger partial charge in [-0.15, -0.1) is 11.8 Å². The number of nitrogens with zero attached hydrogens (tertiary/aromatic N) is 2. The Morgan fingerprint density at radius 3 is 2.90 bits per heavy atom. The van der Waals surface area contributed by atoms with Crippen molar-refractivity contribution in [1.29, 1.82) is 0 Å². The van der Waals surface area contributed by atoms with E-state index >= 15 is 0 Å². The number of benzene rings is 1. The van der Waals surface area contributed by atoms with Gasteiger partial charge in [0.2, 0.25) is 0 Å². The Hall–Kier alpha value is -2.42. The summed E-state index contributed by atoms with van der Waals surface area (Å²) in [4.78, 5) is 39.4. The summed E-state index contributed by atoms with van der Waals surface area (Å²) in [5.74, 6) is -0.979. The lowest BCUT2D eigenvalue weighted by Crippen LogP contribution is -2.08. The summed E-state index contributed by atoms with van der Waals surface area (Å²) < 4.78 is 0. The summed E-state index contributed by atoms with van der Waals surface area (Å²) in [5.41, 5.74) is -0.365. The zero-order chi connectivity index (χ0) is 15.6. The Bertz CT molecular complexity index is 773. The van der Waals surface area contributed by atoms with Gasteiger partial charge in [-0.2, -0.15) is 0 Å². The van der Waals surface area contributed by atoms with Crippen LogP contribution < -0.4 is 5.56 Å². The van der Waals surface area contributed by atoms with Crippen molar-refractivity contribution in [3.05, 3.63) is 38.9 Å². The first kappa shape index (κ1) is 15.0. The molecule has 1 aromatic heterocycles. The first-order chi connectivity index (χ1) is 9.88. The van der Waals surface area contributed by atoms with Crippen LogP contribution in [0.25, 0.3) is 10.9 Å². The summed E-state index contributed by atoms with van der Waals surface area (Å²) in [6.45, 7) is 1.66. The van der Waals surface area contributed by atoms with E-state index in [2.05, 4.69) is 9.97 Å². The fourth-order valence-corrected chi connectivity index (χ4v) is 2.92. The van der Waals surface area contributed by atoms with E-state index in [0.717, 1.165) is 17.8 Å². The third-order valence-electron chi connectivity index (χ3n) is 2.71. The molecule has 0 saturated heterocycles. The SMILES string of the molecule is CC(CC(=O)O)Sc1cc2nc[nH]c(=O)c2cc1[N+](=O)[O-]. The summed E-state index contributed by atoms with van der Waals surface area (Å²) in [6, 6.07) is 2.60. The number of carboxylic acids is 1. The molecule has 0 radical (unpaired) electrons. The van der Waals surface area contributed by atoms with E-state index < -0.39 is 16.5 Å². The van der Waals surface area contributed by atoms with E-state index in [4.69, 9.17) is 5.11 Å². The Morgan fingerprint density at radius 1 is 1.57 bits per heavy atom. The summed E-state index contributed by atoms with van der Waals surface area (Å²) in [7, 11) is 0. The van der Waals surface area contributed by atoms with Crippen LogP contribution in [-0.2, 0) is 4.79 Å². The molecule has 0 amide bonds. The van der Waals surface area contributed by atoms with Gasteiger partial charge < -0.3 is 10.1 Å². The molecule has 110 valence electrons. The monoisotopic (exact) mass is 309 g/mol. The largest absolute Gasteiger partial charge is 0.481 e. The highest BCUT2D eigenvalue weighted by atomic mass is 32.2. The van der Waals surface area contributed by atoms with Gasteiger partial charge in [0, 0.05) is 11.3 Å². The molecule has 9 heteroatoms. The van der Waals surface area contributed by atoms with Gasteiger partial charge in [-0.05, 0) is 6.07 Å². The highest BCUT2D eigenvalue weighted by Gasteiger charge is 2.20. The van der Waals surface area contributed by atoms with Crippen molar-refractivity contribution in [3.63, 3.8) is 0 Å². The molecule has 2 aromatic rings. The molecule has 0 spiro atoms. The maximum atomic E-state index is 11.6. The van der Waals surface area contributed by atoms with Crippen LogP contribution in [0.2, 0.25) is 0 Å². The minimum Gasteiger partial charge on any atom is -0.481 e. The lowest BCUT2D eigenvalue weighted by molar-refractivity contribution is -0.387. The smallest absolute Gasteiger partial charge is 0.304 e. The Kier molecular flexibility index (Phi) is 4.22. The first-order valence-electron chi connectivity index (χ1n) is 5.92. The lowest BCUT2D eigenvalue weighted by atomic mass is 10.2. The molecule has 0 bridgehead atoms. The molecule has 1 atom stereocenters.